The van der Waals surface area contributed by atoms with Crippen molar-refractivity contribution >= 4 is 17.6 Å². The molecule has 1 aliphatic heterocycles. The third-order valence-corrected chi connectivity index (χ3v) is 3.76. The predicted octanol–water partition coefficient (Wildman–Crippen LogP) is 2.30. The molecule has 1 aromatic carbocycles. The van der Waals surface area contributed by atoms with Crippen molar-refractivity contribution in [3.05, 3.63) is 35.1 Å². The fourth-order valence-corrected chi connectivity index (χ4v) is 2.66. The molecule has 0 saturated carbocycles. The van der Waals surface area contributed by atoms with Crippen molar-refractivity contribution in [1.29, 1.82) is 0 Å². The van der Waals surface area contributed by atoms with Gasteiger partial charge in [0.1, 0.15) is 0 Å². The van der Waals surface area contributed by atoms with Gasteiger partial charge in [0.25, 0.3) is 5.89 Å². The molecule has 0 spiro atoms. The lowest BCUT2D eigenvalue weighted by Gasteiger charge is -2.37. The van der Waals surface area contributed by atoms with Gasteiger partial charge in [-0.05, 0) is 18.1 Å². The van der Waals surface area contributed by atoms with E-state index >= 15 is 0 Å². The number of hydrogen-bond donors (Lipinski definition) is 1. The van der Waals surface area contributed by atoms with Crippen LogP contribution >= 0.6 is 11.6 Å². The normalized spacial score (nSPS) is 15.9. The molecule has 0 bridgehead atoms. The number of carboxylic acid groups (broad SMARTS) is 1. The molecule has 3 rings (SSSR count). The number of carboxylic acids is 1. The van der Waals surface area contributed by atoms with E-state index in [0.29, 0.717) is 28.8 Å². The Bertz CT molecular complexity index is 652. The van der Waals surface area contributed by atoms with E-state index in [1.165, 1.54) is 0 Å². The number of benzene rings is 1. The minimum absolute atomic E-state index is 0.216. The molecule has 0 amide bonds. The Morgan fingerprint density at radius 1 is 1.43 bits per heavy atom. The van der Waals surface area contributed by atoms with Crippen LogP contribution in [0.4, 0.5) is 0 Å². The maximum absolute atomic E-state index is 10.6. The first-order valence-corrected chi connectivity index (χ1v) is 7.01. The number of carbonyl (C=O) groups is 1. The van der Waals surface area contributed by atoms with Crippen molar-refractivity contribution in [2.45, 2.75) is 13.0 Å². The summed E-state index contributed by atoms with van der Waals surface area (Å²) in [5.41, 5.74) is 0.713. The van der Waals surface area contributed by atoms with Crippen molar-refractivity contribution in [3.8, 4) is 11.5 Å². The lowest BCUT2D eigenvalue weighted by molar-refractivity contribution is -0.139. The first-order valence-electron chi connectivity index (χ1n) is 6.63. The molecule has 0 radical (unpaired) electrons. The second-order valence-electron chi connectivity index (χ2n) is 5.15. The number of aromatic nitrogens is 2. The second kappa shape index (κ2) is 5.83. The van der Waals surface area contributed by atoms with Gasteiger partial charge in [-0.15, -0.1) is 0 Å². The van der Waals surface area contributed by atoms with E-state index < -0.39 is 5.97 Å². The summed E-state index contributed by atoms with van der Waals surface area (Å²) in [7, 11) is 0. The van der Waals surface area contributed by atoms with Gasteiger partial charge in [0.2, 0.25) is 0 Å². The quantitative estimate of drug-likeness (QED) is 0.913. The van der Waals surface area contributed by atoms with Gasteiger partial charge in [0.15, 0.2) is 5.82 Å². The summed E-state index contributed by atoms with van der Waals surface area (Å²) >= 11 is 6.09. The molecule has 7 heteroatoms. The third kappa shape index (κ3) is 3.22. The molecule has 0 unspecified atom stereocenters. The van der Waals surface area contributed by atoms with Crippen molar-refractivity contribution in [2.24, 2.45) is 5.92 Å². The second-order valence-corrected chi connectivity index (χ2v) is 5.56. The van der Waals surface area contributed by atoms with Gasteiger partial charge < -0.3 is 9.63 Å². The zero-order chi connectivity index (χ0) is 14.8. The zero-order valence-corrected chi connectivity index (χ0v) is 12.0. The molecule has 0 atom stereocenters. The molecular formula is C14H14ClN3O3. The van der Waals surface area contributed by atoms with Gasteiger partial charge in [0.05, 0.1) is 23.6 Å². The highest BCUT2D eigenvalue weighted by molar-refractivity contribution is 6.33. The van der Waals surface area contributed by atoms with Crippen LogP contribution in [0, 0.1) is 5.92 Å². The first kappa shape index (κ1) is 14.0. The number of hydrogen-bond acceptors (Lipinski definition) is 5. The van der Waals surface area contributed by atoms with Crippen molar-refractivity contribution in [3.63, 3.8) is 0 Å². The summed E-state index contributed by atoms with van der Waals surface area (Å²) in [6, 6.07) is 7.29. The maximum atomic E-state index is 10.6. The lowest BCUT2D eigenvalue weighted by atomic mass is 9.96. The van der Waals surface area contributed by atoms with Crippen LogP contribution in [0.2, 0.25) is 5.02 Å². The number of halogens is 1. The van der Waals surface area contributed by atoms with E-state index in [4.69, 9.17) is 21.2 Å². The van der Waals surface area contributed by atoms with Crippen LogP contribution in [0.15, 0.2) is 28.8 Å². The van der Waals surface area contributed by atoms with Gasteiger partial charge in [0, 0.05) is 13.1 Å². The molecular weight excluding hydrogens is 294 g/mol. The van der Waals surface area contributed by atoms with Crippen LogP contribution in [0.1, 0.15) is 12.2 Å². The average molecular weight is 308 g/mol. The zero-order valence-electron chi connectivity index (χ0n) is 11.2. The minimum Gasteiger partial charge on any atom is -0.481 e. The van der Waals surface area contributed by atoms with Crippen LogP contribution < -0.4 is 0 Å². The SMILES string of the molecule is O=C(O)CC1CN(Cc2noc(-c3ccccc3Cl)n2)C1. The lowest BCUT2D eigenvalue weighted by Crippen LogP contribution is -2.46. The standard InChI is InChI=1S/C14H14ClN3O3/c15-11-4-2-1-3-10(11)14-16-12(17-21-14)8-18-6-9(7-18)5-13(19)20/h1-4,9H,5-8H2,(H,19,20). The van der Waals surface area contributed by atoms with Crippen molar-refractivity contribution in [2.75, 3.05) is 13.1 Å². The summed E-state index contributed by atoms with van der Waals surface area (Å²) in [4.78, 5) is 17.0. The van der Waals surface area contributed by atoms with Crippen LogP contribution in [-0.4, -0.2) is 39.2 Å². The Morgan fingerprint density at radius 3 is 2.90 bits per heavy atom. The van der Waals surface area contributed by atoms with E-state index in [1.54, 1.807) is 6.07 Å². The van der Waals surface area contributed by atoms with Gasteiger partial charge in [-0.25, -0.2) is 0 Å². The predicted molar refractivity (Wildman–Crippen MR) is 75.8 cm³/mol. The fraction of sp³-hybridized carbons (Fsp3) is 0.357. The first-order chi connectivity index (χ1) is 10.1. The topological polar surface area (TPSA) is 79.5 Å². The summed E-state index contributed by atoms with van der Waals surface area (Å²) in [5.74, 6) is 0.453. The van der Waals surface area contributed by atoms with Crippen LogP contribution in [-0.2, 0) is 11.3 Å². The summed E-state index contributed by atoms with van der Waals surface area (Å²) < 4.78 is 5.23. The molecule has 2 aromatic rings. The van der Waals surface area contributed by atoms with Gasteiger partial charge in [-0.3, -0.25) is 9.69 Å². The number of likely N-dealkylation sites (tertiary alicyclic amines) is 1. The molecule has 6 nitrogen and oxygen atoms in total. The number of aliphatic carboxylic acids is 1. The van der Waals surface area contributed by atoms with Crippen molar-refractivity contribution in [1.82, 2.24) is 15.0 Å². The molecule has 2 heterocycles. The monoisotopic (exact) mass is 307 g/mol. The van der Waals surface area contributed by atoms with E-state index in [2.05, 4.69) is 15.0 Å². The Morgan fingerprint density at radius 2 is 2.19 bits per heavy atom. The Labute approximate surface area is 126 Å². The fourth-order valence-electron chi connectivity index (χ4n) is 2.44. The summed E-state index contributed by atoms with van der Waals surface area (Å²) in [6.07, 6.45) is 0.216. The van der Waals surface area contributed by atoms with Crippen LogP contribution in [0.3, 0.4) is 0 Å². The van der Waals surface area contributed by atoms with Gasteiger partial charge >= 0.3 is 5.97 Å². The number of rotatable bonds is 5. The molecule has 0 aliphatic carbocycles. The van der Waals surface area contributed by atoms with Crippen molar-refractivity contribution < 1.29 is 14.4 Å². The Balaban J connectivity index is 1.60. The molecule has 1 N–H and O–H groups in total. The molecule has 1 aromatic heterocycles. The number of nitrogens with zero attached hydrogens (tertiary/aromatic N) is 3. The van der Waals surface area contributed by atoms with Gasteiger partial charge in [-0.2, -0.15) is 4.98 Å². The largest absolute Gasteiger partial charge is 0.481 e. The molecule has 110 valence electrons. The van der Waals surface area contributed by atoms with E-state index in [0.717, 1.165) is 13.1 Å². The summed E-state index contributed by atoms with van der Waals surface area (Å²) in [5, 5.41) is 13.2. The average Bonchev–Trinajstić information content (AvgIpc) is 2.85. The van der Waals surface area contributed by atoms with Crippen LogP contribution in [0.5, 0.6) is 0 Å². The van der Waals surface area contributed by atoms with Crippen LogP contribution in [0.25, 0.3) is 11.5 Å². The Kier molecular flexibility index (Phi) is 3.90. The minimum atomic E-state index is -0.750. The van der Waals surface area contributed by atoms with E-state index in [-0.39, 0.29) is 12.3 Å². The molecule has 21 heavy (non-hydrogen) atoms. The van der Waals surface area contributed by atoms with Gasteiger partial charge in [-0.1, -0.05) is 28.9 Å². The summed E-state index contributed by atoms with van der Waals surface area (Å²) in [6.45, 7) is 2.06. The highest BCUT2D eigenvalue weighted by Crippen LogP contribution is 2.26. The highest BCUT2D eigenvalue weighted by Gasteiger charge is 2.29. The third-order valence-electron chi connectivity index (χ3n) is 3.43. The molecule has 1 aliphatic rings. The van der Waals surface area contributed by atoms with E-state index in [1.807, 2.05) is 18.2 Å². The highest BCUT2D eigenvalue weighted by atomic mass is 35.5. The van der Waals surface area contributed by atoms with E-state index in [9.17, 15) is 4.79 Å². The Hall–Kier alpha value is -1.92. The molecule has 1 saturated heterocycles. The molecule has 1 fully saturated rings. The smallest absolute Gasteiger partial charge is 0.303 e. The maximum Gasteiger partial charge on any atom is 0.303 e.